The van der Waals surface area contributed by atoms with E-state index in [9.17, 15) is 5.26 Å². The zero-order valence-corrected chi connectivity index (χ0v) is 13.6. The van der Waals surface area contributed by atoms with Gasteiger partial charge in [-0.1, -0.05) is 29.8 Å². The molecule has 0 saturated carbocycles. The summed E-state index contributed by atoms with van der Waals surface area (Å²) in [5.41, 5.74) is 9.65. The van der Waals surface area contributed by atoms with E-state index in [1.807, 2.05) is 42.6 Å². The van der Waals surface area contributed by atoms with E-state index in [0.717, 1.165) is 26.4 Å². The van der Waals surface area contributed by atoms with E-state index >= 15 is 0 Å². The number of anilines is 1. The molecule has 0 aliphatic carbocycles. The molecule has 0 amide bonds. The summed E-state index contributed by atoms with van der Waals surface area (Å²) in [5, 5.41) is 11.9. The number of nitrogens with zero attached hydrogens (tertiary/aromatic N) is 1. The zero-order valence-electron chi connectivity index (χ0n) is 11.2. The molecule has 0 radical (unpaired) electrons. The van der Waals surface area contributed by atoms with E-state index in [0.29, 0.717) is 15.6 Å². The normalized spacial score (nSPS) is 10.5. The van der Waals surface area contributed by atoms with Crippen LogP contribution in [0.5, 0.6) is 0 Å². The summed E-state index contributed by atoms with van der Waals surface area (Å²) >= 11 is 9.39. The first-order valence-electron chi connectivity index (χ1n) is 6.24. The zero-order chi connectivity index (χ0) is 15.0. The molecule has 0 saturated heterocycles. The van der Waals surface area contributed by atoms with Gasteiger partial charge in [0.1, 0.15) is 10.9 Å². The first kappa shape index (κ1) is 14.2. The Labute approximate surface area is 136 Å². The number of hydrogen-bond donors (Lipinski definition) is 1. The van der Waals surface area contributed by atoms with Gasteiger partial charge in [-0.25, -0.2) is 0 Å². The van der Waals surface area contributed by atoms with Gasteiger partial charge in [-0.05, 0) is 30.0 Å². The molecule has 2 heterocycles. The lowest BCUT2D eigenvalue weighted by Crippen LogP contribution is -1.88. The van der Waals surface area contributed by atoms with Gasteiger partial charge < -0.3 is 5.73 Å². The molecule has 0 bridgehead atoms. The first-order valence-corrected chi connectivity index (χ1v) is 8.32. The van der Waals surface area contributed by atoms with Crippen LogP contribution in [-0.4, -0.2) is 0 Å². The highest BCUT2D eigenvalue weighted by molar-refractivity contribution is 7.19. The van der Waals surface area contributed by atoms with Crippen LogP contribution in [0.15, 0.2) is 35.7 Å². The molecule has 0 unspecified atom stereocenters. The number of thiophene rings is 2. The van der Waals surface area contributed by atoms with Gasteiger partial charge in [0, 0.05) is 25.9 Å². The van der Waals surface area contributed by atoms with Crippen molar-refractivity contribution in [1.29, 1.82) is 5.26 Å². The average Bonchev–Trinajstić information content (AvgIpc) is 3.06. The molecule has 2 nitrogen and oxygen atoms in total. The fourth-order valence-corrected chi connectivity index (χ4v) is 4.50. The van der Waals surface area contributed by atoms with Gasteiger partial charge in [-0.3, -0.25) is 0 Å². The topological polar surface area (TPSA) is 49.8 Å². The molecule has 0 aliphatic rings. The van der Waals surface area contributed by atoms with Crippen LogP contribution in [0.1, 0.15) is 10.4 Å². The maximum absolute atomic E-state index is 9.26. The largest absolute Gasteiger partial charge is 0.396 e. The van der Waals surface area contributed by atoms with Crippen molar-refractivity contribution in [2.45, 2.75) is 6.92 Å². The second-order valence-corrected chi connectivity index (χ2v) is 7.00. The molecule has 2 N–H and O–H groups in total. The highest BCUT2D eigenvalue weighted by Crippen LogP contribution is 2.47. The summed E-state index contributed by atoms with van der Waals surface area (Å²) in [5.74, 6) is 0. The number of halogens is 1. The average molecular weight is 331 g/mol. The Morgan fingerprint density at radius 2 is 2.10 bits per heavy atom. The summed E-state index contributed by atoms with van der Waals surface area (Å²) in [6.07, 6.45) is 0. The van der Waals surface area contributed by atoms with Crippen molar-refractivity contribution in [3.8, 4) is 27.0 Å². The van der Waals surface area contributed by atoms with Gasteiger partial charge in [-0.15, -0.1) is 22.7 Å². The van der Waals surface area contributed by atoms with Crippen molar-refractivity contribution in [3.05, 3.63) is 51.2 Å². The van der Waals surface area contributed by atoms with Crippen molar-refractivity contribution < 1.29 is 0 Å². The Hall–Kier alpha value is -1.80. The van der Waals surface area contributed by atoms with E-state index in [1.165, 1.54) is 11.3 Å². The van der Waals surface area contributed by atoms with Crippen LogP contribution >= 0.6 is 34.3 Å². The summed E-state index contributed by atoms with van der Waals surface area (Å²) in [6.45, 7) is 2.00. The van der Waals surface area contributed by atoms with E-state index < -0.39 is 0 Å². The third kappa shape index (κ3) is 2.44. The molecule has 2 aromatic heterocycles. The number of aryl methyl sites for hydroxylation is 1. The van der Waals surface area contributed by atoms with Gasteiger partial charge in [0.2, 0.25) is 0 Å². The lowest BCUT2D eigenvalue weighted by atomic mass is 10.1. The maximum Gasteiger partial charge on any atom is 0.129 e. The number of benzene rings is 1. The van der Waals surface area contributed by atoms with Crippen LogP contribution < -0.4 is 5.73 Å². The number of nitrogen functional groups attached to an aromatic ring is 1. The van der Waals surface area contributed by atoms with Gasteiger partial charge >= 0.3 is 0 Å². The minimum atomic E-state index is 0.532. The lowest BCUT2D eigenvalue weighted by molar-refractivity contribution is 1.48. The van der Waals surface area contributed by atoms with Crippen molar-refractivity contribution in [1.82, 2.24) is 0 Å². The van der Waals surface area contributed by atoms with Crippen molar-refractivity contribution >= 4 is 40.0 Å². The van der Waals surface area contributed by atoms with Crippen LogP contribution in [0.4, 0.5) is 5.69 Å². The minimum Gasteiger partial charge on any atom is -0.396 e. The molecule has 1 aromatic carbocycles. The van der Waals surface area contributed by atoms with Crippen molar-refractivity contribution in [3.63, 3.8) is 0 Å². The minimum absolute atomic E-state index is 0.532. The predicted octanol–water partition coefficient (Wildman–Crippen LogP) is 5.56. The standard InChI is InChI=1S/C16H11ClN2S2/c1-9-4-5-10(11(17)7-9)16-14(12-3-2-6-20-12)15(19)13(8-18)21-16/h2-7H,19H2,1H3. The fourth-order valence-electron chi connectivity index (χ4n) is 2.19. The third-order valence-corrected chi connectivity index (χ3v) is 5.53. The summed E-state index contributed by atoms with van der Waals surface area (Å²) in [7, 11) is 0. The van der Waals surface area contributed by atoms with Crippen LogP contribution in [0.2, 0.25) is 5.02 Å². The molecule has 0 spiro atoms. The van der Waals surface area contributed by atoms with Crippen molar-refractivity contribution in [2.75, 3.05) is 5.73 Å². The summed E-state index contributed by atoms with van der Waals surface area (Å²) < 4.78 is 0. The SMILES string of the molecule is Cc1ccc(-c2sc(C#N)c(N)c2-c2cccs2)c(Cl)c1. The number of nitriles is 1. The van der Waals surface area contributed by atoms with Crippen LogP contribution in [-0.2, 0) is 0 Å². The Bertz CT molecular complexity index is 842. The summed E-state index contributed by atoms with van der Waals surface area (Å²) in [6, 6.07) is 12.1. The van der Waals surface area contributed by atoms with Gasteiger partial charge in [0.15, 0.2) is 0 Å². The molecule has 0 fully saturated rings. The van der Waals surface area contributed by atoms with Gasteiger partial charge in [0.25, 0.3) is 0 Å². The maximum atomic E-state index is 9.26. The molecule has 0 atom stereocenters. The van der Waals surface area contributed by atoms with E-state index in [2.05, 4.69) is 6.07 Å². The fraction of sp³-hybridized carbons (Fsp3) is 0.0625. The molecule has 5 heteroatoms. The molecule has 21 heavy (non-hydrogen) atoms. The summed E-state index contributed by atoms with van der Waals surface area (Å²) in [4.78, 5) is 2.54. The van der Waals surface area contributed by atoms with Crippen molar-refractivity contribution in [2.24, 2.45) is 0 Å². The van der Waals surface area contributed by atoms with Gasteiger partial charge in [-0.2, -0.15) is 5.26 Å². The van der Waals surface area contributed by atoms with E-state index in [4.69, 9.17) is 17.3 Å². The van der Waals surface area contributed by atoms with E-state index in [-0.39, 0.29) is 0 Å². The van der Waals surface area contributed by atoms with E-state index in [1.54, 1.807) is 11.3 Å². The second-order valence-electron chi connectivity index (χ2n) is 4.62. The predicted molar refractivity (Wildman–Crippen MR) is 91.9 cm³/mol. The number of hydrogen-bond acceptors (Lipinski definition) is 4. The molecule has 0 aliphatic heterocycles. The number of rotatable bonds is 2. The van der Waals surface area contributed by atoms with Crippen LogP contribution in [0.3, 0.4) is 0 Å². The molecular formula is C16H11ClN2S2. The van der Waals surface area contributed by atoms with Crippen LogP contribution in [0, 0.1) is 18.3 Å². The Kier molecular flexibility index (Phi) is 3.73. The van der Waals surface area contributed by atoms with Gasteiger partial charge in [0.05, 0.1) is 5.69 Å². The quantitative estimate of drug-likeness (QED) is 0.668. The molecule has 104 valence electrons. The lowest BCUT2D eigenvalue weighted by Gasteiger charge is -2.06. The molecule has 3 aromatic rings. The Morgan fingerprint density at radius 3 is 2.71 bits per heavy atom. The third-order valence-electron chi connectivity index (χ3n) is 3.18. The Morgan fingerprint density at radius 1 is 1.29 bits per heavy atom. The first-order chi connectivity index (χ1) is 10.1. The Balaban J connectivity index is 2.30. The highest BCUT2D eigenvalue weighted by Gasteiger charge is 2.20. The number of nitrogens with two attached hydrogens (primary N) is 1. The molecule has 3 rings (SSSR count). The second kappa shape index (κ2) is 5.53. The monoisotopic (exact) mass is 330 g/mol. The highest BCUT2D eigenvalue weighted by atomic mass is 35.5. The van der Waals surface area contributed by atoms with Crippen LogP contribution in [0.25, 0.3) is 20.9 Å². The molecular weight excluding hydrogens is 320 g/mol. The smallest absolute Gasteiger partial charge is 0.129 e.